The number of ether oxygens (including phenoxy) is 1. The van der Waals surface area contributed by atoms with Crippen molar-refractivity contribution in [3.63, 3.8) is 0 Å². The normalized spacial score (nSPS) is 29.6. The van der Waals surface area contributed by atoms with Crippen LogP contribution in [-0.2, 0) is 4.74 Å². The monoisotopic (exact) mass is 282 g/mol. The lowest BCUT2D eigenvalue weighted by Crippen LogP contribution is -2.42. The van der Waals surface area contributed by atoms with E-state index in [1.165, 1.54) is 0 Å². The highest BCUT2D eigenvalue weighted by atomic mass is 19.3. The highest BCUT2D eigenvalue weighted by molar-refractivity contribution is 4.98. The van der Waals surface area contributed by atoms with Crippen molar-refractivity contribution < 1.29 is 28.1 Å². The van der Waals surface area contributed by atoms with Gasteiger partial charge in [0.15, 0.2) is 12.3 Å². The molecule has 106 valence electrons. The van der Waals surface area contributed by atoms with Crippen LogP contribution in [0.4, 0.5) is 13.2 Å². The summed E-state index contributed by atoms with van der Waals surface area (Å²) in [5.74, 6) is -5.21. The summed E-state index contributed by atoms with van der Waals surface area (Å²) in [7, 11) is 0. The van der Waals surface area contributed by atoms with Crippen molar-refractivity contribution >= 4 is 0 Å². The third-order valence-corrected chi connectivity index (χ3v) is 2.76. The Morgan fingerprint density at radius 3 is 2.63 bits per heavy atom. The average Bonchev–Trinajstić information content (AvgIpc) is 2.56. The molecule has 3 N–H and O–H groups in total. The second-order valence-electron chi connectivity index (χ2n) is 3.96. The lowest BCUT2D eigenvalue weighted by atomic mass is 10.1. The molecule has 0 saturated carbocycles. The summed E-state index contributed by atoms with van der Waals surface area (Å²) in [6.45, 7) is -1.10. The van der Waals surface area contributed by atoms with Crippen LogP contribution >= 0.6 is 0 Å². The number of rotatable bonds is 2. The van der Waals surface area contributed by atoms with Crippen LogP contribution in [0.15, 0.2) is 15.8 Å². The van der Waals surface area contributed by atoms with Crippen molar-refractivity contribution in [1.82, 2.24) is 9.55 Å². The maximum absolute atomic E-state index is 13.4. The van der Waals surface area contributed by atoms with Crippen molar-refractivity contribution in [2.45, 2.75) is 24.4 Å². The van der Waals surface area contributed by atoms with E-state index < -0.39 is 48.0 Å². The first-order valence-corrected chi connectivity index (χ1v) is 5.12. The van der Waals surface area contributed by atoms with E-state index in [1.807, 2.05) is 0 Å². The number of aromatic amines is 1. The van der Waals surface area contributed by atoms with Crippen molar-refractivity contribution in [3.05, 3.63) is 32.9 Å². The molecule has 3 atom stereocenters. The number of aromatic nitrogens is 2. The van der Waals surface area contributed by atoms with Crippen LogP contribution in [0.2, 0.25) is 0 Å². The van der Waals surface area contributed by atoms with Crippen LogP contribution in [0.5, 0.6) is 0 Å². The Hall–Kier alpha value is -1.65. The van der Waals surface area contributed by atoms with Crippen molar-refractivity contribution in [2.24, 2.45) is 0 Å². The number of nitrogens with one attached hydrogen (secondary N) is 1. The van der Waals surface area contributed by atoms with Gasteiger partial charge in [-0.2, -0.15) is 4.39 Å². The summed E-state index contributed by atoms with van der Waals surface area (Å²) in [6.07, 6.45) is -6.06. The van der Waals surface area contributed by atoms with E-state index in [4.69, 9.17) is 5.11 Å². The highest BCUT2D eigenvalue weighted by Crippen LogP contribution is 2.40. The molecule has 2 heterocycles. The first kappa shape index (κ1) is 13.8. The van der Waals surface area contributed by atoms with E-state index in [1.54, 1.807) is 4.98 Å². The SMILES string of the molecule is O=c1[nH]c(=O)n([C@@H]2O[C@H](CO)C(F)(F)[C@H]2O)cc1F. The molecule has 1 aromatic heterocycles. The largest absolute Gasteiger partial charge is 0.393 e. The minimum Gasteiger partial charge on any atom is -0.393 e. The zero-order valence-corrected chi connectivity index (χ0v) is 9.22. The Labute approximate surface area is 102 Å². The maximum atomic E-state index is 13.4. The highest BCUT2D eigenvalue weighted by Gasteiger charge is 2.59. The van der Waals surface area contributed by atoms with Gasteiger partial charge >= 0.3 is 11.6 Å². The fraction of sp³-hybridized carbons (Fsp3) is 0.556. The molecule has 1 aliphatic heterocycles. The number of alkyl halides is 2. The predicted octanol–water partition coefficient (Wildman–Crippen LogP) is -1.44. The van der Waals surface area contributed by atoms with Gasteiger partial charge in [-0.15, -0.1) is 0 Å². The lowest BCUT2D eigenvalue weighted by Gasteiger charge is -2.18. The van der Waals surface area contributed by atoms with Gasteiger partial charge in [0.1, 0.15) is 6.10 Å². The molecular formula is C9H9F3N2O5. The molecule has 0 bridgehead atoms. The van der Waals surface area contributed by atoms with Gasteiger partial charge < -0.3 is 14.9 Å². The van der Waals surface area contributed by atoms with Crippen LogP contribution in [0.3, 0.4) is 0 Å². The Balaban J connectivity index is 2.47. The Kier molecular flexibility index (Phi) is 3.24. The summed E-state index contributed by atoms with van der Waals surface area (Å²) in [4.78, 5) is 23.7. The summed E-state index contributed by atoms with van der Waals surface area (Å²) in [5, 5.41) is 18.1. The first-order chi connectivity index (χ1) is 8.78. The molecular weight excluding hydrogens is 273 g/mol. The van der Waals surface area contributed by atoms with Gasteiger partial charge in [-0.05, 0) is 0 Å². The second kappa shape index (κ2) is 4.47. The number of H-pyrrole nitrogens is 1. The smallest absolute Gasteiger partial charge is 0.330 e. The fourth-order valence-corrected chi connectivity index (χ4v) is 1.75. The maximum Gasteiger partial charge on any atom is 0.330 e. The minimum atomic E-state index is -3.81. The minimum absolute atomic E-state index is 0.297. The molecule has 1 aromatic rings. The van der Waals surface area contributed by atoms with Gasteiger partial charge in [0.2, 0.25) is 5.82 Å². The van der Waals surface area contributed by atoms with Crippen LogP contribution in [0, 0.1) is 5.82 Å². The van der Waals surface area contributed by atoms with E-state index in [9.17, 15) is 27.9 Å². The van der Waals surface area contributed by atoms with E-state index in [2.05, 4.69) is 4.74 Å². The van der Waals surface area contributed by atoms with Gasteiger partial charge in [0.05, 0.1) is 12.8 Å². The van der Waals surface area contributed by atoms with Gasteiger partial charge in [-0.25, -0.2) is 13.6 Å². The number of hydrogen-bond acceptors (Lipinski definition) is 5. The zero-order chi connectivity index (χ0) is 14.4. The van der Waals surface area contributed by atoms with Crippen LogP contribution in [0.1, 0.15) is 6.23 Å². The molecule has 1 saturated heterocycles. The van der Waals surface area contributed by atoms with E-state index in [-0.39, 0.29) is 0 Å². The quantitative estimate of drug-likeness (QED) is 0.616. The van der Waals surface area contributed by atoms with Crippen LogP contribution in [0.25, 0.3) is 0 Å². The summed E-state index contributed by atoms with van der Waals surface area (Å²) >= 11 is 0. The summed E-state index contributed by atoms with van der Waals surface area (Å²) in [5.41, 5.74) is -2.54. The molecule has 0 aromatic carbocycles. The lowest BCUT2D eigenvalue weighted by molar-refractivity contribution is -0.123. The van der Waals surface area contributed by atoms with Crippen LogP contribution in [-0.4, -0.2) is 44.5 Å². The van der Waals surface area contributed by atoms with Gasteiger partial charge in [-0.3, -0.25) is 14.3 Å². The van der Waals surface area contributed by atoms with Crippen molar-refractivity contribution in [3.8, 4) is 0 Å². The molecule has 10 heteroatoms. The molecule has 1 aliphatic rings. The van der Waals surface area contributed by atoms with Crippen molar-refractivity contribution in [2.75, 3.05) is 6.61 Å². The molecule has 0 aliphatic carbocycles. The molecule has 7 nitrogen and oxygen atoms in total. The Morgan fingerprint density at radius 1 is 1.47 bits per heavy atom. The van der Waals surface area contributed by atoms with E-state index in [0.717, 1.165) is 0 Å². The standard InChI is InChI=1S/C9H9F3N2O5/c10-3-1-14(8(18)13-6(3)17)7-5(16)9(11,12)4(2-15)19-7/h1,4-5,7,15-16H,2H2,(H,13,17,18)/t4-,5+,7-/m1/s1. The van der Waals surface area contributed by atoms with Gasteiger partial charge in [0.25, 0.3) is 5.56 Å². The Morgan fingerprint density at radius 2 is 2.11 bits per heavy atom. The van der Waals surface area contributed by atoms with E-state index in [0.29, 0.717) is 10.8 Å². The number of aliphatic hydroxyl groups excluding tert-OH is 2. The molecule has 0 radical (unpaired) electrons. The average molecular weight is 282 g/mol. The topological polar surface area (TPSA) is 105 Å². The molecule has 0 spiro atoms. The predicted molar refractivity (Wildman–Crippen MR) is 53.2 cm³/mol. The van der Waals surface area contributed by atoms with E-state index >= 15 is 0 Å². The van der Waals surface area contributed by atoms with Gasteiger partial charge in [0, 0.05) is 0 Å². The molecule has 1 fully saturated rings. The second-order valence-corrected chi connectivity index (χ2v) is 3.96. The molecule has 0 unspecified atom stereocenters. The fourth-order valence-electron chi connectivity index (χ4n) is 1.75. The Bertz CT molecular complexity index is 598. The molecule has 19 heavy (non-hydrogen) atoms. The third-order valence-electron chi connectivity index (χ3n) is 2.76. The molecule has 0 amide bonds. The molecule has 2 rings (SSSR count). The van der Waals surface area contributed by atoms with Crippen LogP contribution < -0.4 is 11.2 Å². The van der Waals surface area contributed by atoms with Crippen molar-refractivity contribution in [1.29, 1.82) is 0 Å². The summed E-state index contributed by atoms with van der Waals surface area (Å²) < 4.78 is 44.8. The first-order valence-electron chi connectivity index (χ1n) is 5.12. The number of halogens is 3. The number of aliphatic hydroxyl groups is 2. The van der Waals surface area contributed by atoms with Gasteiger partial charge in [-0.1, -0.05) is 0 Å². The number of nitrogens with zero attached hydrogens (tertiary/aromatic N) is 1. The zero-order valence-electron chi connectivity index (χ0n) is 9.22. The third kappa shape index (κ3) is 2.07. The summed E-state index contributed by atoms with van der Waals surface area (Å²) in [6, 6.07) is 0. The number of hydrogen-bond donors (Lipinski definition) is 3.